The van der Waals surface area contributed by atoms with Gasteiger partial charge in [0.1, 0.15) is 17.1 Å². The monoisotopic (exact) mass is 295 g/mol. The fourth-order valence-electron chi connectivity index (χ4n) is 2.30. The standard InChI is InChI=1S/C12H17N5O4/c1-21-11-5-9(16-3-2-7(18)6-16)10(17(19)20)4-8(11)15-12(13)14/h4-5,7,18H,2-3,6H2,1H3,(H4,13,14,15)/t7-/m0/s1. The number of hydrogen-bond donors (Lipinski definition) is 3. The second kappa shape index (κ2) is 5.83. The molecule has 1 saturated heterocycles. The minimum atomic E-state index is -0.509. The Balaban J connectivity index is 2.53. The predicted octanol–water partition coefficient (Wildman–Crippen LogP) is 0.0793. The number of β-amino-alcohol motifs (C(OH)–C–C–N with tert-alkyl or cyclic N) is 1. The van der Waals surface area contributed by atoms with Crippen LogP contribution in [0.2, 0.25) is 0 Å². The number of nitrogens with zero attached hydrogens (tertiary/aromatic N) is 3. The Bertz CT molecular complexity index is 585. The molecule has 0 aromatic heterocycles. The first-order valence-corrected chi connectivity index (χ1v) is 6.31. The van der Waals surface area contributed by atoms with E-state index in [1.54, 1.807) is 4.90 Å². The number of rotatable bonds is 4. The van der Waals surface area contributed by atoms with Gasteiger partial charge in [-0.3, -0.25) is 10.1 Å². The van der Waals surface area contributed by atoms with Gasteiger partial charge in [-0.05, 0) is 6.42 Å². The van der Waals surface area contributed by atoms with Crippen LogP contribution in [0.1, 0.15) is 6.42 Å². The lowest BCUT2D eigenvalue weighted by Crippen LogP contribution is -2.23. The van der Waals surface area contributed by atoms with Crippen LogP contribution in [0.25, 0.3) is 0 Å². The van der Waals surface area contributed by atoms with Crippen LogP contribution in [0.15, 0.2) is 17.1 Å². The quantitative estimate of drug-likeness (QED) is 0.309. The van der Waals surface area contributed by atoms with Crippen molar-refractivity contribution in [2.45, 2.75) is 12.5 Å². The topological polar surface area (TPSA) is 140 Å². The minimum Gasteiger partial charge on any atom is -0.494 e. The van der Waals surface area contributed by atoms with E-state index in [9.17, 15) is 15.2 Å². The zero-order chi connectivity index (χ0) is 15.6. The van der Waals surface area contributed by atoms with Crippen LogP contribution in [0.4, 0.5) is 17.1 Å². The molecule has 0 unspecified atom stereocenters. The van der Waals surface area contributed by atoms with Gasteiger partial charge in [0, 0.05) is 25.2 Å². The number of nitro groups is 1. The van der Waals surface area contributed by atoms with Gasteiger partial charge in [-0.2, -0.15) is 0 Å². The Kier molecular flexibility index (Phi) is 4.13. The highest BCUT2D eigenvalue weighted by molar-refractivity contribution is 5.82. The Morgan fingerprint density at radius 3 is 2.76 bits per heavy atom. The van der Waals surface area contributed by atoms with Crippen molar-refractivity contribution in [1.82, 2.24) is 0 Å². The summed E-state index contributed by atoms with van der Waals surface area (Å²) in [5.41, 5.74) is 11.1. The normalized spacial score (nSPS) is 17.6. The molecule has 1 aliphatic heterocycles. The van der Waals surface area contributed by atoms with E-state index in [1.165, 1.54) is 19.2 Å². The molecule has 1 aromatic carbocycles. The molecule has 114 valence electrons. The summed E-state index contributed by atoms with van der Waals surface area (Å²) in [4.78, 5) is 16.3. The number of methoxy groups -OCH3 is 1. The summed E-state index contributed by atoms with van der Waals surface area (Å²) in [5.74, 6) is 0.109. The lowest BCUT2D eigenvalue weighted by atomic mass is 10.2. The molecule has 0 radical (unpaired) electrons. The number of hydrogen-bond acceptors (Lipinski definition) is 6. The van der Waals surface area contributed by atoms with E-state index in [-0.39, 0.29) is 17.3 Å². The van der Waals surface area contributed by atoms with Crippen molar-refractivity contribution in [3.05, 3.63) is 22.2 Å². The van der Waals surface area contributed by atoms with Crippen molar-refractivity contribution in [3.63, 3.8) is 0 Å². The number of benzene rings is 1. The highest BCUT2D eigenvalue weighted by Gasteiger charge is 2.28. The Morgan fingerprint density at radius 1 is 1.57 bits per heavy atom. The first kappa shape index (κ1) is 14.9. The van der Waals surface area contributed by atoms with Gasteiger partial charge >= 0.3 is 0 Å². The molecule has 2 rings (SSSR count). The van der Waals surface area contributed by atoms with Crippen LogP contribution in [0.3, 0.4) is 0 Å². The molecule has 1 aliphatic rings. The van der Waals surface area contributed by atoms with Gasteiger partial charge in [0.15, 0.2) is 5.96 Å². The number of anilines is 1. The summed E-state index contributed by atoms with van der Waals surface area (Å²) in [5, 5.41) is 20.9. The zero-order valence-corrected chi connectivity index (χ0v) is 11.5. The van der Waals surface area contributed by atoms with Gasteiger partial charge in [0.2, 0.25) is 0 Å². The Hall–Kier alpha value is -2.55. The fourth-order valence-corrected chi connectivity index (χ4v) is 2.30. The molecule has 9 heteroatoms. The smallest absolute Gasteiger partial charge is 0.294 e. The van der Waals surface area contributed by atoms with Gasteiger partial charge in [0.25, 0.3) is 5.69 Å². The maximum atomic E-state index is 11.3. The molecule has 0 aliphatic carbocycles. The van der Waals surface area contributed by atoms with Crippen LogP contribution in [0, 0.1) is 10.1 Å². The summed E-state index contributed by atoms with van der Waals surface area (Å²) in [6, 6.07) is 2.77. The maximum Gasteiger partial charge on any atom is 0.294 e. The molecule has 1 heterocycles. The minimum absolute atomic E-state index is 0.134. The van der Waals surface area contributed by atoms with Crippen molar-refractivity contribution in [3.8, 4) is 5.75 Å². The summed E-state index contributed by atoms with van der Waals surface area (Å²) >= 11 is 0. The second-order valence-corrected chi connectivity index (χ2v) is 4.70. The van der Waals surface area contributed by atoms with Crippen LogP contribution < -0.4 is 21.1 Å². The van der Waals surface area contributed by atoms with Crippen molar-refractivity contribution >= 4 is 23.0 Å². The van der Waals surface area contributed by atoms with Gasteiger partial charge in [-0.1, -0.05) is 0 Å². The summed E-state index contributed by atoms with van der Waals surface area (Å²) in [6.45, 7) is 0.873. The SMILES string of the molecule is COc1cc(N2CC[C@H](O)C2)c([N+](=O)[O-])cc1N=C(N)N. The molecule has 0 bridgehead atoms. The lowest BCUT2D eigenvalue weighted by molar-refractivity contribution is -0.384. The van der Waals surface area contributed by atoms with Gasteiger partial charge < -0.3 is 26.2 Å². The van der Waals surface area contributed by atoms with E-state index in [0.717, 1.165) is 0 Å². The van der Waals surface area contributed by atoms with E-state index < -0.39 is 11.0 Å². The third-order valence-electron chi connectivity index (χ3n) is 3.23. The highest BCUT2D eigenvalue weighted by atomic mass is 16.6. The molecule has 5 N–H and O–H groups in total. The van der Waals surface area contributed by atoms with E-state index in [2.05, 4.69) is 4.99 Å². The molecule has 21 heavy (non-hydrogen) atoms. The molecule has 1 fully saturated rings. The number of ether oxygens (including phenoxy) is 1. The molecular formula is C12H17N5O4. The van der Waals surface area contributed by atoms with E-state index in [1.807, 2.05) is 0 Å². The molecular weight excluding hydrogens is 278 g/mol. The van der Waals surface area contributed by atoms with Crippen molar-refractivity contribution in [1.29, 1.82) is 0 Å². The number of aliphatic hydroxyl groups is 1. The zero-order valence-electron chi connectivity index (χ0n) is 11.5. The first-order valence-electron chi connectivity index (χ1n) is 6.31. The molecule has 9 nitrogen and oxygen atoms in total. The molecule has 1 aromatic rings. The van der Waals surface area contributed by atoms with Crippen LogP contribution in [0.5, 0.6) is 5.75 Å². The second-order valence-electron chi connectivity index (χ2n) is 4.70. The number of nitrogens with two attached hydrogens (primary N) is 2. The molecule has 1 atom stereocenters. The third-order valence-corrected chi connectivity index (χ3v) is 3.23. The maximum absolute atomic E-state index is 11.3. The summed E-state index contributed by atoms with van der Waals surface area (Å²) in [7, 11) is 1.43. The van der Waals surface area contributed by atoms with Crippen molar-refractivity contribution in [2.24, 2.45) is 16.5 Å². The Labute approximate surface area is 121 Å². The van der Waals surface area contributed by atoms with Crippen LogP contribution in [-0.4, -0.2) is 42.3 Å². The van der Waals surface area contributed by atoms with E-state index in [0.29, 0.717) is 30.9 Å². The van der Waals surface area contributed by atoms with Crippen molar-refractivity contribution < 1.29 is 14.8 Å². The number of nitro benzene ring substituents is 1. The van der Waals surface area contributed by atoms with Crippen molar-refractivity contribution in [2.75, 3.05) is 25.1 Å². The highest BCUT2D eigenvalue weighted by Crippen LogP contribution is 2.40. The first-order chi connectivity index (χ1) is 9.92. The average molecular weight is 295 g/mol. The number of guanidine groups is 1. The predicted molar refractivity (Wildman–Crippen MR) is 78.0 cm³/mol. The largest absolute Gasteiger partial charge is 0.494 e. The van der Waals surface area contributed by atoms with Gasteiger partial charge in [-0.25, -0.2) is 4.99 Å². The van der Waals surface area contributed by atoms with E-state index in [4.69, 9.17) is 16.2 Å². The summed E-state index contributed by atoms with van der Waals surface area (Å²) in [6.07, 6.45) is 0.0720. The van der Waals surface area contributed by atoms with E-state index >= 15 is 0 Å². The molecule has 0 amide bonds. The third kappa shape index (κ3) is 3.14. The van der Waals surface area contributed by atoms with Crippen LogP contribution >= 0.6 is 0 Å². The average Bonchev–Trinajstić information content (AvgIpc) is 2.84. The lowest BCUT2D eigenvalue weighted by Gasteiger charge is -2.19. The summed E-state index contributed by atoms with van der Waals surface area (Å²) < 4.78 is 5.18. The van der Waals surface area contributed by atoms with Gasteiger partial charge in [-0.15, -0.1) is 0 Å². The number of aliphatic imine (C=N–C) groups is 1. The fraction of sp³-hybridized carbons (Fsp3) is 0.417. The molecule has 0 spiro atoms. The molecule has 0 saturated carbocycles. The number of aliphatic hydroxyl groups excluding tert-OH is 1. The van der Waals surface area contributed by atoms with Gasteiger partial charge in [0.05, 0.1) is 18.1 Å². The Morgan fingerprint density at radius 2 is 2.29 bits per heavy atom. The van der Waals surface area contributed by atoms with Crippen LogP contribution in [-0.2, 0) is 0 Å².